The molecule has 4 rings (SSSR count). The van der Waals surface area contributed by atoms with Gasteiger partial charge in [-0.05, 0) is 31.2 Å². The average molecular weight is 409 g/mol. The number of carbonyl (C=O) groups excluding carboxylic acids is 3. The number of hydrogen-bond acceptors (Lipinski definition) is 6. The summed E-state index contributed by atoms with van der Waals surface area (Å²) in [6, 6.07) is 2.18. The third kappa shape index (κ3) is 4.56. The summed E-state index contributed by atoms with van der Waals surface area (Å²) >= 11 is 0. The zero-order valence-corrected chi connectivity index (χ0v) is 16.4. The van der Waals surface area contributed by atoms with Crippen LogP contribution in [0, 0.1) is 23.2 Å². The second kappa shape index (κ2) is 8.49. The number of H-pyrrole nitrogens is 1. The smallest absolute Gasteiger partial charge is 0.287 e. The van der Waals surface area contributed by atoms with Gasteiger partial charge in [0.1, 0.15) is 12.1 Å². The van der Waals surface area contributed by atoms with E-state index in [0.29, 0.717) is 36.3 Å². The van der Waals surface area contributed by atoms with Crippen LogP contribution in [0.25, 0.3) is 11.0 Å². The molecule has 2 fully saturated rings. The molecule has 4 N–H and O–H groups in total. The lowest BCUT2D eigenvalue weighted by molar-refractivity contribution is -0.125. The van der Waals surface area contributed by atoms with Crippen LogP contribution in [0.2, 0.25) is 0 Å². The van der Waals surface area contributed by atoms with Gasteiger partial charge in [0.2, 0.25) is 11.8 Å². The number of aromatic nitrogens is 3. The molecule has 10 heteroatoms. The Morgan fingerprint density at radius 2 is 2.10 bits per heavy atom. The number of pyridine rings is 1. The SMILES string of the molecule is N#CC(C[C@@H]1CCNC1=O)NC(=O)C(CC1CC1)NC(=O)c1nc2ccncc2[nH]1. The number of hydrogen-bond donors (Lipinski definition) is 4. The monoisotopic (exact) mass is 409 g/mol. The summed E-state index contributed by atoms with van der Waals surface area (Å²) in [6.45, 7) is 0.586. The average Bonchev–Trinajstić information content (AvgIpc) is 3.30. The molecule has 1 saturated carbocycles. The highest BCUT2D eigenvalue weighted by molar-refractivity contribution is 5.97. The van der Waals surface area contributed by atoms with Crippen molar-refractivity contribution in [2.24, 2.45) is 11.8 Å². The fourth-order valence-electron chi connectivity index (χ4n) is 3.68. The third-order valence-corrected chi connectivity index (χ3v) is 5.54. The molecule has 30 heavy (non-hydrogen) atoms. The molecular formula is C20H23N7O3. The molecule has 2 aromatic heterocycles. The van der Waals surface area contributed by atoms with Crippen LogP contribution in [0.15, 0.2) is 18.5 Å². The highest BCUT2D eigenvalue weighted by Gasteiger charge is 2.33. The van der Waals surface area contributed by atoms with Crippen LogP contribution < -0.4 is 16.0 Å². The number of carbonyl (C=O) groups is 3. The Hall–Kier alpha value is -3.48. The van der Waals surface area contributed by atoms with E-state index in [0.717, 1.165) is 12.8 Å². The number of rotatable bonds is 8. The molecule has 156 valence electrons. The van der Waals surface area contributed by atoms with Crippen molar-refractivity contribution in [3.8, 4) is 6.07 Å². The van der Waals surface area contributed by atoms with E-state index >= 15 is 0 Å². The van der Waals surface area contributed by atoms with Crippen molar-refractivity contribution in [3.63, 3.8) is 0 Å². The maximum atomic E-state index is 12.9. The number of amides is 3. The van der Waals surface area contributed by atoms with E-state index in [-0.39, 0.29) is 24.1 Å². The van der Waals surface area contributed by atoms with Gasteiger partial charge in [-0.1, -0.05) is 12.8 Å². The van der Waals surface area contributed by atoms with E-state index in [1.165, 1.54) is 0 Å². The summed E-state index contributed by atoms with van der Waals surface area (Å²) in [7, 11) is 0. The highest BCUT2D eigenvalue weighted by Crippen LogP contribution is 2.33. The lowest BCUT2D eigenvalue weighted by Crippen LogP contribution is -2.50. The Bertz CT molecular complexity index is 974. The molecule has 2 aromatic rings. The van der Waals surface area contributed by atoms with Gasteiger partial charge in [0.05, 0.1) is 23.3 Å². The van der Waals surface area contributed by atoms with Gasteiger partial charge >= 0.3 is 0 Å². The van der Waals surface area contributed by atoms with E-state index in [9.17, 15) is 19.6 Å². The van der Waals surface area contributed by atoms with Gasteiger partial charge in [0.25, 0.3) is 5.91 Å². The van der Waals surface area contributed by atoms with Crippen LogP contribution in [-0.4, -0.2) is 51.3 Å². The van der Waals surface area contributed by atoms with Crippen molar-refractivity contribution >= 4 is 28.8 Å². The van der Waals surface area contributed by atoms with E-state index in [1.807, 2.05) is 0 Å². The van der Waals surface area contributed by atoms with Crippen LogP contribution in [0.5, 0.6) is 0 Å². The first-order valence-corrected chi connectivity index (χ1v) is 10.1. The zero-order valence-electron chi connectivity index (χ0n) is 16.4. The van der Waals surface area contributed by atoms with E-state index < -0.39 is 23.9 Å². The van der Waals surface area contributed by atoms with Gasteiger partial charge in [-0.15, -0.1) is 0 Å². The van der Waals surface area contributed by atoms with Crippen LogP contribution in [0.1, 0.15) is 42.7 Å². The summed E-state index contributed by atoms with van der Waals surface area (Å²) < 4.78 is 0. The molecule has 3 heterocycles. The Labute approximate surface area is 172 Å². The predicted octanol–water partition coefficient (Wildman–Crippen LogP) is 0.391. The lowest BCUT2D eigenvalue weighted by Gasteiger charge is -2.21. The van der Waals surface area contributed by atoms with Crippen LogP contribution in [-0.2, 0) is 9.59 Å². The Balaban J connectivity index is 1.41. The van der Waals surface area contributed by atoms with Crippen LogP contribution in [0.3, 0.4) is 0 Å². The number of imidazole rings is 1. The minimum atomic E-state index is -0.790. The van der Waals surface area contributed by atoms with E-state index in [1.54, 1.807) is 18.5 Å². The van der Waals surface area contributed by atoms with Crippen LogP contribution in [0.4, 0.5) is 0 Å². The largest absolute Gasteiger partial charge is 0.356 e. The second-order valence-electron chi connectivity index (χ2n) is 7.89. The first kappa shape index (κ1) is 19.8. The minimum Gasteiger partial charge on any atom is -0.356 e. The molecule has 0 bridgehead atoms. The molecular weight excluding hydrogens is 386 g/mol. The highest BCUT2D eigenvalue weighted by atomic mass is 16.2. The fourth-order valence-corrected chi connectivity index (χ4v) is 3.68. The molecule has 10 nitrogen and oxygen atoms in total. The maximum Gasteiger partial charge on any atom is 0.287 e. The number of fused-ring (bicyclic) bond motifs is 1. The second-order valence-corrected chi connectivity index (χ2v) is 7.89. The van der Waals surface area contributed by atoms with Gasteiger partial charge in [-0.3, -0.25) is 19.4 Å². The number of aromatic amines is 1. The van der Waals surface area contributed by atoms with Crippen molar-refractivity contribution in [2.75, 3.05) is 6.54 Å². The van der Waals surface area contributed by atoms with Crippen molar-refractivity contribution in [1.29, 1.82) is 5.26 Å². The predicted molar refractivity (Wildman–Crippen MR) is 106 cm³/mol. The van der Waals surface area contributed by atoms with Gasteiger partial charge in [-0.25, -0.2) is 4.98 Å². The Morgan fingerprint density at radius 1 is 1.27 bits per heavy atom. The van der Waals surface area contributed by atoms with Crippen molar-refractivity contribution in [3.05, 3.63) is 24.3 Å². The standard InChI is InChI=1S/C20H23N7O3/c21-9-13(8-12-3-6-23-18(12)28)24-19(29)15(7-11-1-2-11)27-20(30)17-25-14-4-5-22-10-16(14)26-17/h4-5,10-13,15H,1-3,6-8H2,(H,23,28)(H,24,29)(H,25,26)(H,27,30)/t12-,13?,15?/m0/s1. The summed E-state index contributed by atoms with van der Waals surface area (Å²) in [4.78, 5) is 48.4. The molecule has 2 aliphatic rings. The molecule has 3 amide bonds. The number of nitriles is 1. The van der Waals surface area contributed by atoms with Gasteiger partial charge in [0.15, 0.2) is 5.82 Å². The van der Waals surface area contributed by atoms with Gasteiger partial charge in [-0.2, -0.15) is 5.26 Å². The minimum absolute atomic E-state index is 0.0910. The molecule has 1 saturated heterocycles. The van der Waals surface area contributed by atoms with E-state index in [4.69, 9.17) is 0 Å². The quantitative estimate of drug-likeness (QED) is 0.495. The molecule has 3 atom stereocenters. The Kier molecular flexibility index (Phi) is 5.61. The van der Waals surface area contributed by atoms with Gasteiger partial charge < -0.3 is 20.9 Å². The van der Waals surface area contributed by atoms with Crippen molar-refractivity contribution in [1.82, 2.24) is 30.9 Å². The molecule has 0 spiro atoms. The summed E-state index contributed by atoms with van der Waals surface area (Å²) in [6.07, 6.45) is 6.59. The summed E-state index contributed by atoms with van der Waals surface area (Å²) in [5.74, 6) is -0.802. The first-order chi connectivity index (χ1) is 14.5. The normalized spacial score (nSPS) is 20.2. The number of nitrogens with zero attached hydrogens (tertiary/aromatic N) is 3. The molecule has 2 unspecified atom stereocenters. The molecule has 1 aliphatic heterocycles. The fraction of sp³-hybridized carbons (Fsp3) is 0.500. The summed E-state index contributed by atoms with van der Waals surface area (Å²) in [5, 5.41) is 17.6. The molecule has 0 aromatic carbocycles. The first-order valence-electron chi connectivity index (χ1n) is 10.1. The van der Waals surface area contributed by atoms with Crippen molar-refractivity contribution in [2.45, 2.75) is 44.2 Å². The zero-order chi connectivity index (χ0) is 21.1. The maximum absolute atomic E-state index is 12.9. The summed E-state index contributed by atoms with van der Waals surface area (Å²) in [5.41, 5.74) is 1.24. The third-order valence-electron chi connectivity index (χ3n) is 5.54. The molecule has 0 radical (unpaired) electrons. The van der Waals surface area contributed by atoms with Crippen LogP contribution >= 0.6 is 0 Å². The molecule has 1 aliphatic carbocycles. The van der Waals surface area contributed by atoms with Crippen molar-refractivity contribution < 1.29 is 14.4 Å². The van der Waals surface area contributed by atoms with E-state index in [2.05, 4.69) is 37.0 Å². The Morgan fingerprint density at radius 3 is 2.77 bits per heavy atom. The van der Waals surface area contributed by atoms with Gasteiger partial charge in [0, 0.05) is 18.7 Å². The topological polar surface area (TPSA) is 153 Å². The number of nitrogens with one attached hydrogen (secondary N) is 4. The lowest BCUT2D eigenvalue weighted by atomic mass is 9.98.